The molecule has 0 unspecified atom stereocenters. The van der Waals surface area contributed by atoms with Crippen LogP contribution in [0.15, 0.2) is 53.1 Å². The van der Waals surface area contributed by atoms with Crippen molar-refractivity contribution in [2.24, 2.45) is 0 Å². The van der Waals surface area contributed by atoms with Crippen molar-refractivity contribution in [3.63, 3.8) is 0 Å². The van der Waals surface area contributed by atoms with E-state index in [2.05, 4.69) is 76.0 Å². The monoisotopic (exact) mass is 386 g/mol. The number of aromatic nitrogens is 1. The lowest BCUT2D eigenvalue weighted by atomic mass is 10.1. The van der Waals surface area contributed by atoms with Crippen LogP contribution in [0.3, 0.4) is 0 Å². The summed E-state index contributed by atoms with van der Waals surface area (Å²) in [5.41, 5.74) is 3.80. The molecule has 4 heteroatoms. The van der Waals surface area contributed by atoms with E-state index in [4.69, 9.17) is 4.74 Å². The number of nitrogens with zero attached hydrogens (tertiary/aromatic N) is 2. The maximum absolute atomic E-state index is 5.63. The summed E-state index contributed by atoms with van der Waals surface area (Å²) in [5.74, 6) is 0.927. The van der Waals surface area contributed by atoms with Crippen molar-refractivity contribution >= 4 is 26.8 Å². The molecule has 0 saturated heterocycles. The Morgan fingerprint density at radius 1 is 1.04 bits per heavy atom. The van der Waals surface area contributed by atoms with Gasteiger partial charge in [0.2, 0.25) is 0 Å². The van der Waals surface area contributed by atoms with Gasteiger partial charge in [0, 0.05) is 29.1 Å². The first-order valence-corrected chi connectivity index (χ1v) is 8.92. The molecule has 3 nitrogen and oxygen atoms in total. The second kappa shape index (κ2) is 7.41. The second-order valence-electron chi connectivity index (χ2n) is 6.28. The van der Waals surface area contributed by atoms with Gasteiger partial charge in [0.05, 0.1) is 12.6 Å². The number of hydrogen-bond acceptors (Lipinski definition) is 2. The van der Waals surface area contributed by atoms with Gasteiger partial charge in [0.15, 0.2) is 0 Å². The largest absolute Gasteiger partial charge is 0.495 e. The van der Waals surface area contributed by atoms with Crippen LogP contribution >= 0.6 is 15.9 Å². The van der Waals surface area contributed by atoms with E-state index >= 15 is 0 Å². The topological polar surface area (TPSA) is 17.4 Å². The molecule has 0 aliphatic carbocycles. The van der Waals surface area contributed by atoms with Crippen LogP contribution in [0, 0.1) is 0 Å². The summed E-state index contributed by atoms with van der Waals surface area (Å²) in [5, 5.41) is 1.28. The normalized spacial score (nSPS) is 11.4. The molecule has 0 aliphatic heterocycles. The molecule has 24 heavy (non-hydrogen) atoms. The summed E-state index contributed by atoms with van der Waals surface area (Å²) in [4.78, 5) is 2.22. The van der Waals surface area contributed by atoms with E-state index in [9.17, 15) is 0 Å². The number of benzene rings is 2. The highest BCUT2D eigenvalue weighted by molar-refractivity contribution is 9.10. The molecule has 0 fully saturated rings. The highest BCUT2D eigenvalue weighted by atomic mass is 79.9. The number of methoxy groups -OCH3 is 1. The Balaban J connectivity index is 2.07. The van der Waals surface area contributed by atoms with Crippen LogP contribution in [0.4, 0.5) is 0 Å². The summed E-state index contributed by atoms with van der Waals surface area (Å²) >= 11 is 3.66. The van der Waals surface area contributed by atoms with Crippen LogP contribution in [0.1, 0.15) is 11.1 Å². The molecule has 3 aromatic rings. The summed E-state index contributed by atoms with van der Waals surface area (Å²) in [6.07, 6.45) is 3.30. The molecule has 0 spiro atoms. The SMILES string of the molecule is COc1cccc2c(CCN(C)C)cn(Cc3ccccc3Br)c12. The average Bonchev–Trinajstić information content (AvgIpc) is 2.93. The van der Waals surface area contributed by atoms with Crippen molar-refractivity contribution in [2.45, 2.75) is 13.0 Å². The molecule has 0 radical (unpaired) electrons. The first-order valence-electron chi connectivity index (χ1n) is 8.13. The van der Waals surface area contributed by atoms with Crippen molar-refractivity contribution in [3.8, 4) is 5.75 Å². The highest BCUT2D eigenvalue weighted by Crippen LogP contribution is 2.31. The van der Waals surface area contributed by atoms with Crippen LogP contribution in [0.25, 0.3) is 10.9 Å². The van der Waals surface area contributed by atoms with E-state index in [1.165, 1.54) is 22.0 Å². The summed E-state index contributed by atoms with van der Waals surface area (Å²) in [6, 6.07) is 14.7. The van der Waals surface area contributed by atoms with Crippen LogP contribution in [0.5, 0.6) is 5.75 Å². The minimum Gasteiger partial charge on any atom is -0.495 e. The van der Waals surface area contributed by atoms with E-state index < -0.39 is 0 Å². The van der Waals surface area contributed by atoms with E-state index in [1.54, 1.807) is 7.11 Å². The lowest BCUT2D eigenvalue weighted by Crippen LogP contribution is -2.14. The van der Waals surface area contributed by atoms with Gasteiger partial charge in [-0.2, -0.15) is 0 Å². The predicted molar refractivity (Wildman–Crippen MR) is 104 cm³/mol. The quantitative estimate of drug-likeness (QED) is 0.617. The molecular formula is C20H23BrN2O. The van der Waals surface area contributed by atoms with Crippen LogP contribution in [-0.2, 0) is 13.0 Å². The number of fused-ring (bicyclic) bond motifs is 1. The fraction of sp³-hybridized carbons (Fsp3) is 0.300. The minimum absolute atomic E-state index is 0.820. The predicted octanol–water partition coefficient (Wildman–Crippen LogP) is 4.56. The number of para-hydroxylation sites is 1. The molecular weight excluding hydrogens is 364 g/mol. The molecule has 0 bridgehead atoms. The molecule has 2 aromatic carbocycles. The van der Waals surface area contributed by atoms with Gasteiger partial charge in [-0.25, -0.2) is 0 Å². The lowest BCUT2D eigenvalue weighted by molar-refractivity contribution is 0.414. The van der Waals surface area contributed by atoms with Gasteiger partial charge in [-0.15, -0.1) is 0 Å². The third-order valence-electron chi connectivity index (χ3n) is 4.29. The number of rotatable bonds is 6. The molecule has 3 rings (SSSR count). The maximum Gasteiger partial charge on any atom is 0.143 e. The molecule has 0 amide bonds. The van der Waals surface area contributed by atoms with Crippen LogP contribution in [-0.4, -0.2) is 37.2 Å². The van der Waals surface area contributed by atoms with Gasteiger partial charge in [0.25, 0.3) is 0 Å². The molecule has 0 N–H and O–H groups in total. The Morgan fingerprint density at radius 3 is 2.54 bits per heavy atom. The number of halogens is 1. The fourth-order valence-electron chi connectivity index (χ4n) is 3.04. The Morgan fingerprint density at radius 2 is 1.83 bits per heavy atom. The van der Waals surface area contributed by atoms with Crippen LogP contribution in [0.2, 0.25) is 0 Å². The Bertz CT molecular complexity index is 839. The average molecular weight is 387 g/mol. The first-order chi connectivity index (χ1) is 11.6. The Kier molecular flexibility index (Phi) is 5.27. The third-order valence-corrected chi connectivity index (χ3v) is 5.06. The van der Waals surface area contributed by atoms with Gasteiger partial charge in [-0.1, -0.05) is 46.3 Å². The number of ether oxygens (including phenoxy) is 1. The van der Waals surface area contributed by atoms with Crippen molar-refractivity contribution in [1.29, 1.82) is 0 Å². The Hall–Kier alpha value is -1.78. The number of likely N-dealkylation sites (N-methyl/N-ethyl adjacent to an activating group) is 1. The van der Waals surface area contributed by atoms with Crippen molar-refractivity contribution in [3.05, 3.63) is 64.3 Å². The van der Waals surface area contributed by atoms with E-state index in [0.717, 1.165) is 29.7 Å². The van der Waals surface area contributed by atoms with Crippen molar-refractivity contribution in [1.82, 2.24) is 9.47 Å². The van der Waals surface area contributed by atoms with Gasteiger partial charge >= 0.3 is 0 Å². The summed E-state index contributed by atoms with van der Waals surface area (Å²) in [6.45, 7) is 1.85. The zero-order valence-electron chi connectivity index (χ0n) is 14.4. The number of hydrogen-bond donors (Lipinski definition) is 0. The molecule has 0 aliphatic rings. The summed E-state index contributed by atoms with van der Waals surface area (Å²) in [7, 11) is 5.96. The standard InChI is InChI=1S/C20H23BrN2O/c1-22(2)12-11-15-13-23(14-16-7-4-5-9-18(16)21)20-17(15)8-6-10-19(20)24-3/h4-10,13H,11-12,14H2,1-3H3. The Labute approximate surface area is 152 Å². The summed E-state index contributed by atoms with van der Waals surface area (Å²) < 4.78 is 9.07. The van der Waals surface area contributed by atoms with E-state index in [1.807, 2.05) is 12.1 Å². The second-order valence-corrected chi connectivity index (χ2v) is 7.14. The molecule has 1 aromatic heterocycles. The molecule has 0 atom stereocenters. The fourth-order valence-corrected chi connectivity index (χ4v) is 3.45. The zero-order chi connectivity index (χ0) is 17.1. The van der Waals surface area contributed by atoms with Crippen molar-refractivity contribution in [2.75, 3.05) is 27.7 Å². The highest BCUT2D eigenvalue weighted by Gasteiger charge is 2.14. The smallest absolute Gasteiger partial charge is 0.143 e. The van der Waals surface area contributed by atoms with Crippen molar-refractivity contribution < 1.29 is 4.74 Å². The van der Waals surface area contributed by atoms with E-state index in [-0.39, 0.29) is 0 Å². The van der Waals surface area contributed by atoms with Gasteiger partial charge in [-0.05, 0) is 43.8 Å². The maximum atomic E-state index is 5.63. The molecule has 126 valence electrons. The van der Waals surface area contributed by atoms with E-state index in [0.29, 0.717) is 0 Å². The van der Waals surface area contributed by atoms with Gasteiger partial charge in [-0.3, -0.25) is 0 Å². The zero-order valence-corrected chi connectivity index (χ0v) is 16.0. The lowest BCUT2D eigenvalue weighted by Gasteiger charge is -2.10. The first kappa shape index (κ1) is 17.1. The van der Waals surface area contributed by atoms with Crippen LogP contribution < -0.4 is 4.74 Å². The van der Waals surface area contributed by atoms with Gasteiger partial charge in [0.1, 0.15) is 5.75 Å². The minimum atomic E-state index is 0.820. The molecule has 0 saturated carbocycles. The third kappa shape index (κ3) is 3.50. The van der Waals surface area contributed by atoms with Gasteiger partial charge < -0.3 is 14.2 Å². The molecule has 1 heterocycles.